The molecule has 0 saturated heterocycles. The third kappa shape index (κ3) is 5.91. The van der Waals surface area contributed by atoms with Crippen LogP contribution < -0.4 is 10.0 Å². The molecule has 6 nitrogen and oxygen atoms in total. The van der Waals surface area contributed by atoms with Gasteiger partial charge in [0.25, 0.3) is 0 Å². The van der Waals surface area contributed by atoms with Crippen molar-refractivity contribution >= 4 is 33.3 Å². The van der Waals surface area contributed by atoms with Gasteiger partial charge in [-0.25, -0.2) is 17.9 Å². The van der Waals surface area contributed by atoms with E-state index in [1.807, 2.05) is 0 Å². The maximum Gasteiger partial charge on any atom is 0.335 e. The molecule has 0 atom stereocenters. The van der Waals surface area contributed by atoms with E-state index in [0.29, 0.717) is 30.2 Å². The van der Waals surface area contributed by atoms with Crippen LogP contribution in [-0.4, -0.2) is 38.8 Å². The number of anilines is 1. The van der Waals surface area contributed by atoms with Crippen molar-refractivity contribution in [3.05, 3.63) is 28.8 Å². The Hall–Kier alpha value is -1.31. The largest absolute Gasteiger partial charge is 0.478 e. The Morgan fingerprint density at radius 2 is 2.05 bits per heavy atom. The summed E-state index contributed by atoms with van der Waals surface area (Å²) in [6.07, 6.45) is 1.69. The second-order valence-electron chi connectivity index (χ2n) is 3.95. The van der Waals surface area contributed by atoms with Crippen LogP contribution in [0.2, 0.25) is 5.02 Å². The molecule has 0 aliphatic carbocycles. The number of halogens is 1. The summed E-state index contributed by atoms with van der Waals surface area (Å²) >= 11 is 5.92. The first kappa shape index (κ1) is 15.7. The van der Waals surface area contributed by atoms with Crippen LogP contribution in [0.1, 0.15) is 16.8 Å². The van der Waals surface area contributed by atoms with Crippen LogP contribution in [0.15, 0.2) is 18.2 Å². The van der Waals surface area contributed by atoms with Crippen LogP contribution in [0.5, 0.6) is 0 Å². The van der Waals surface area contributed by atoms with Crippen molar-refractivity contribution in [3.63, 3.8) is 0 Å². The molecule has 0 unspecified atom stereocenters. The molecule has 19 heavy (non-hydrogen) atoms. The number of carbonyl (C=O) groups is 1. The Balaban J connectivity index is 2.44. The monoisotopic (exact) mass is 306 g/mol. The lowest BCUT2D eigenvalue weighted by molar-refractivity contribution is 0.0697. The van der Waals surface area contributed by atoms with Crippen molar-refractivity contribution < 1.29 is 18.3 Å². The van der Waals surface area contributed by atoms with Crippen molar-refractivity contribution in [1.29, 1.82) is 0 Å². The molecule has 0 saturated carbocycles. The highest BCUT2D eigenvalue weighted by Gasteiger charge is 2.06. The van der Waals surface area contributed by atoms with E-state index in [9.17, 15) is 13.2 Å². The predicted molar refractivity (Wildman–Crippen MR) is 74.4 cm³/mol. The SMILES string of the molecule is CS(=O)(=O)NCCCNc1ccc(C(=O)O)cc1Cl. The molecule has 0 fully saturated rings. The quantitative estimate of drug-likeness (QED) is 0.662. The molecule has 0 spiro atoms. The molecular weight excluding hydrogens is 292 g/mol. The maximum absolute atomic E-state index is 10.8. The number of aromatic carboxylic acids is 1. The first-order chi connectivity index (χ1) is 8.79. The van der Waals surface area contributed by atoms with E-state index >= 15 is 0 Å². The Bertz CT molecular complexity index is 560. The van der Waals surface area contributed by atoms with Crippen molar-refractivity contribution in [3.8, 4) is 0 Å². The number of benzene rings is 1. The number of nitrogens with one attached hydrogen (secondary N) is 2. The topological polar surface area (TPSA) is 95.5 Å². The number of carboxylic acids is 1. The molecule has 0 heterocycles. The smallest absolute Gasteiger partial charge is 0.335 e. The van der Waals surface area contributed by atoms with Gasteiger partial charge in [0, 0.05) is 13.1 Å². The van der Waals surface area contributed by atoms with Gasteiger partial charge in [0.1, 0.15) is 0 Å². The average Bonchev–Trinajstić information content (AvgIpc) is 2.28. The first-order valence-electron chi connectivity index (χ1n) is 5.51. The zero-order chi connectivity index (χ0) is 14.5. The molecule has 0 amide bonds. The van der Waals surface area contributed by atoms with Crippen LogP contribution in [0.3, 0.4) is 0 Å². The Labute approximate surface area is 116 Å². The maximum atomic E-state index is 10.8. The van der Waals surface area contributed by atoms with Gasteiger partial charge in [0.15, 0.2) is 0 Å². The molecule has 106 valence electrons. The minimum Gasteiger partial charge on any atom is -0.478 e. The van der Waals surface area contributed by atoms with Gasteiger partial charge in [-0.3, -0.25) is 0 Å². The molecule has 0 aliphatic rings. The minimum absolute atomic E-state index is 0.120. The van der Waals surface area contributed by atoms with Gasteiger partial charge in [0.05, 0.1) is 22.5 Å². The number of hydrogen-bond donors (Lipinski definition) is 3. The number of rotatable bonds is 7. The zero-order valence-electron chi connectivity index (χ0n) is 10.3. The van der Waals surface area contributed by atoms with E-state index in [1.54, 1.807) is 6.07 Å². The fraction of sp³-hybridized carbons (Fsp3) is 0.364. The number of sulfonamides is 1. The van der Waals surface area contributed by atoms with Gasteiger partial charge < -0.3 is 10.4 Å². The normalized spacial score (nSPS) is 11.3. The molecule has 3 N–H and O–H groups in total. The average molecular weight is 307 g/mol. The standard InChI is InChI=1S/C11H15ClN2O4S/c1-19(17,18)14-6-2-5-13-10-4-3-8(11(15)16)7-9(10)12/h3-4,7,13-14H,2,5-6H2,1H3,(H,15,16). The van der Waals surface area contributed by atoms with Crippen molar-refractivity contribution in [2.45, 2.75) is 6.42 Å². The predicted octanol–water partition coefficient (Wildman–Crippen LogP) is 1.39. The van der Waals surface area contributed by atoms with Gasteiger partial charge >= 0.3 is 5.97 Å². The van der Waals surface area contributed by atoms with E-state index in [2.05, 4.69) is 10.0 Å². The fourth-order valence-electron chi connectivity index (χ4n) is 1.36. The van der Waals surface area contributed by atoms with Gasteiger partial charge in [-0.1, -0.05) is 11.6 Å². The highest BCUT2D eigenvalue weighted by Crippen LogP contribution is 2.22. The second kappa shape index (κ2) is 6.74. The van der Waals surface area contributed by atoms with Crippen molar-refractivity contribution in [2.24, 2.45) is 0 Å². The van der Waals surface area contributed by atoms with E-state index in [1.165, 1.54) is 12.1 Å². The van der Waals surface area contributed by atoms with E-state index in [4.69, 9.17) is 16.7 Å². The molecule has 1 aromatic rings. The highest BCUT2D eigenvalue weighted by atomic mass is 35.5. The summed E-state index contributed by atoms with van der Waals surface area (Å²) in [4.78, 5) is 10.7. The van der Waals surface area contributed by atoms with E-state index < -0.39 is 16.0 Å². The fourth-order valence-corrected chi connectivity index (χ4v) is 2.12. The molecule has 0 radical (unpaired) electrons. The molecule has 1 aromatic carbocycles. The molecule has 8 heteroatoms. The molecule has 0 aliphatic heterocycles. The first-order valence-corrected chi connectivity index (χ1v) is 7.78. The van der Waals surface area contributed by atoms with Crippen LogP contribution >= 0.6 is 11.6 Å². The molecular formula is C11H15ClN2O4S. The lowest BCUT2D eigenvalue weighted by Gasteiger charge is -2.09. The third-order valence-electron chi connectivity index (χ3n) is 2.25. The summed E-state index contributed by atoms with van der Waals surface area (Å²) in [5, 5.41) is 12.1. The van der Waals surface area contributed by atoms with Crippen molar-refractivity contribution in [1.82, 2.24) is 4.72 Å². The van der Waals surface area contributed by atoms with Crippen LogP contribution in [0.25, 0.3) is 0 Å². The van der Waals surface area contributed by atoms with Crippen LogP contribution in [0, 0.1) is 0 Å². The van der Waals surface area contributed by atoms with Gasteiger partial charge in [-0.15, -0.1) is 0 Å². The summed E-state index contributed by atoms with van der Waals surface area (Å²) in [7, 11) is -3.16. The lowest BCUT2D eigenvalue weighted by Crippen LogP contribution is -2.24. The molecule has 1 rings (SSSR count). The van der Waals surface area contributed by atoms with Gasteiger partial charge in [-0.05, 0) is 24.6 Å². The third-order valence-corrected chi connectivity index (χ3v) is 3.29. The Morgan fingerprint density at radius 1 is 1.37 bits per heavy atom. The zero-order valence-corrected chi connectivity index (χ0v) is 11.9. The van der Waals surface area contributed by atoms with E-state index in [-0.39, 0.29) is 5.56 Å². The lowest BCUT2D eigenvalue weighted by atomic mass is 10.2. The van der Waals surface area contributed by atoms with Crippen LogP contribution in [-0.2, 0) is 10.0 Å². The summed E-state index contributed by atoms with van der Waals surface area (Å²) in [5.41, 5.74) is 0.736. The Morgan fingerprint density at radius 3 is 2.58 bits per heavy atom. The number of hydrogen-bond acceptors (Lipinski definition) is 4. The minimum atomic E-state index is -3.16. The number of carboxylic acid groups (broad SMARTS) is 1. The summed E-state index contributed by atoms with van der Waals surface area (Å²) in [6, 6.07) is 4.39. The van der Waals surface area contributed by atoms with Gasteiger partial charge in [0.2, 0.25) is 10.0 Å². The second-order valence-corrected chi connectivity index (χ2v) is 6.19. The summed E-state index contributed by atoms with van der Waals surface area (Å²) in [5.74, 6) is -1.04. The summed E-state index contributed by atoms with van der Waals surface area (Å²) in [6.45, 7) is 0.852. The summed E-state index contributed by atoms with van der Waals surface area (Å²) < 4.78 is 24.0. The molecule has 0 aromatic heterocycles. The Kier molecular flexibility index (Phi) is 5.59. The molecule has 0 bridgehead atoms. The van der Waals surface area contributed by atoms with Crippen LogP contribution in [0.4, 0.5) is 5.69 Å². The van der Waals surface area contributed by atoms with E-state index in [0.717, 1.165) is 6.26 Å². The van der Waals surface area contributed by atoms with Crippen molar-refractivity contribution in [2.75, 3.05) is 24.7 Å². The van der Waals surface area contributed by atoms with Gasteiger partial charge in [-0.2, -0.15) is 0 Å². The highest BCUT2D eigenvalue weighted by molar-refractivity contribution is 7.88.